The van der Waals surface area contributed by atoms with E-state index in [2.05, 4.69) is 0 Å². The van der Waals surface area contributed by atoms with Crippen LogP contribution in [0.15, 0.2) is 42.5 Å². The minimum atomic E-state index is -1.13. The van der Waals surface area contributed by atoms with Crippen LogP contribution in [-0.2, 0) is 9.53 Å². The van der Waals surface area contributed by atoms with Gasteiger partial charge in [-0.2, -0.15) is 0 Å². The molecule has 0 saturated carbocycles. The molecule has 1 saturated heterocycles. The molecule has 2 aromatic rings. The van der Waals surface area contributed by atoms with Gasteiger partial charge in [-0.25, -0.2) is 13.6 Å². The summed E-state index contributed by atoms with van der Waals surface area (Å²) in [6, 6.07) is 8.05. The van der Waals surface area contributed by atoms with Gasteiger partial charge in [0.15, 0.2) is 17.7 Å². The zero-order valence-corrected chi connectivity index (χ0v) is 13.5. The van der Waals surface area contributed by atoms with Crippen molar-refractivity contribution in [2.45, 2.75) is 6.04 Å². The van der Waals surface area contributed by atoms with Crippen LogP contribution in [0.4, 0.5) is 8.78 Å². The molecule has 0 aromatic heterocycles. The van der Waals surface area contributed by atoms with Crippen LogP contribution < -0.4 is 4.74 Å². The molecule has 6 nitrogen and oxygen atoms in total. The van der Waals surface area contributed by atoms with E-state index in [1.165, 1.54) is 35.2 Å². The molecule has 1 aliphatic heterocycles. The van der Waals surface area contributed by atoms with Crippen LogP contribution in [0.1, 0.15) is 10.4 Å². The van der Waals surface area contributed by atoms with Crippen molar-refractivity contribution in [2.75, 3.05) is 19.8 Å². The van der Waals surface area contributed by atoms with E-state index in [0.29, 0.717) is 5.75 Å². The topological polar surface area (TPSA) is 76.1 Å². The predicted octanol–water partition coefficient (Wildman–Crippen LogP) is 2.68. The summed E-state index contributed by atoms with van der Waals surface area (Å²) in [5, 5.41) is 9.20. The molecule has 1 atom stereocenters. The Morgan fingerprint density at radius 2 is 1.77 bits per heavy atom. The Balaban J connectivity index is 1.73. The molecule has 1 heterocycles. The van der Waals surface area contributed by atoms with Gasteiger partial charge in [-0.3, -0.25) is 4.79 Å². The Kier molecular flexibility index (Phi) is 5.13. The number of benzene rings is 2. The van der Waals surface area contributed by atoms with Crippen LogP contribution in [0.25, 0.3) is 0 Å². The van der Waals surface area contributed by atoms with Crippen LogP contribution in [0.5, 0.6) is 11.5 Å². The van der Waals surface area contributed by atoms with E-state index in [4.69, 9.17) is 9.47 Å². The van der Waals surface area contributed by atoms with E-state index >= 15 is 0 Å². The maximum absolute atomic E-state index is 13.2. The highest BCUT2D eigenvalue weighted by molar-refractivity contribution is 5.96. The molecule has 3 rings (SSSR count). The number of carbonyl (C=O) groups is 2. The maximum atomic E-state index is 13.2. The number of morpholine rings is 1. The van der Waals surface area contributed by atoms with Crippen LogP contribution in [0.3, 0.4) is 0 Å². The highest BCUT2D eigenvalue weighted by Gasteiger charge is 2.33. The number of nitrogens with zero attached hydrogens (tertiary/aromatic N) is 1. The summed E-state index contributed by atoms with van der Waals surface area (Å²) in [6.45, 7) is 0.397. The van der Waals surface area contributed by atoms with Crippen molar-refractivity contribution in [2.24, 2.45) is 0 Å². The van der Waals surface area contributed by atoms with Gasteiger partial charge >= 0.3 is 5.97 Å². The van der Waals surface area contributed by atoms with Crippen molar-refractivity contribution in [3.05, 3.63) is 59.7 Å². The molecule has 1 fully saturated rings. The normalized spacial score (nSPS) is 17.0. The Labute approximate surface area is 147 Å². The van der Waals surface area contributed by atoms with Crippen molar-refractivity contribution in [3.63, 3.8) is 0 Å². The largest absolute Gasteiger partial charge is 0.480 e. The quantitative estimate of drug-likeness (QED) is 0.904. The summed E-state index contributed by atoms with van der Waals surface area (Å²) in [5.41, 5.74) is 0.288. The SMILES string of the molecule is O=C(O)C1COCCN1C(=O)c1ccc(Oc2ccc(F)c(F)c2)cc1. The van der Waals surface area contributed by atoms with Crippen LogP contribution in [0.2, 0.25) is 0 Å². The standard InChI is InChI=1S/C18H15F2NO5/c19-14-6-5-13(9-15(14)20)26-12-3-1-11(2-4-12)17(22)21-7-8-25-10-16(21)18(23)24/h1-6,9,16H,7-8,10H2,(H,23,24). The first-order chi connectivity index (χ1) is 12.5. The molecule has 0 bridgehead atoms. The highest BCUT2D eigenvalue weighted by atomic mass is 19.2. The summed E-state index contributed by atoms with van der Waals surface area (Å²) in [6.07, 6.45) is 0. The molecule has 1 amide bonds. The summed E-state index contributed by atoms with van der Waals surface area (Å²) < 4.78 is 36.6. The second kappa shape index (κ2) is 7.49. The molecular weight excluding hydrogens is 348 g/mol. The number of amides is 1. The molecule has 136 valence electrons. The third-order valence-electron chi connectivity index (χ3n) is 3.90. The molecule has 1 N–H and O–H groups in total. The lowest BCUT2D eigenvalue weighted by molar-refractivity contribution is -0.147. The van der Waals surface area contributed by atoms with Crippen molar-refractivity contribution in [1.82, 2.24) is 4.90 Å². The van der Waals surface area contributed by atoms with Gasteiger partial charge in [0.1, 0.15) is 11.5 Å². The lowest BCUT2D eigenvalue weighted by Gasteiger charge is -2.32. The van der Waals surface area contributed by atoms with Gasteiger partial charge in [0.25, 0.3) is 5.91 Å². The Hall–Kier alpha value is -3.00. The molecule has 0 spiro atoms. The van der Waals surface area contributed by atoms with Gasteiger partial charge < -0.3 is 19.5 Å². The summed E-state index contributed by atoms with van der Waals surface area (Å²) in [5.74, 6) is -3.12. The van der Waals surface area contributed by atoms with Gasteiger partial charge in [0, 0.05) is 18.2 Å². The van der Waals surface area contributed by atoms with Crippen LogP contribution >= 0.6 is 0 Å². The van der Waals surface area contributed by atoms with E-state index in [1.54, 1.807) is 0 Å². The van der Waals surface area contributed by atoms with E-state index < -0.39 is 29.6 Å². The first-order valence-electron chi connectivity index (χ1n) is 7.80. The number of carbonyl (C=O) groups excluding carboxylic acids is 1. The molecule has 1 unspecified atom stereocenters. The van der Waals surface area contributed by atoms with E-state index in [1.807, 2.05) is 0 Å². The first kappa shape index (κ1) is 17.8. The van der Waals surface area contributed by atoms with Crippen molar-refractivity contribution in [3.8, 4) is 11.5 Å². The number of ether oxygens (including phenoxy) is 2. The number of aliphatic carboxylic acids is 1. The number of rotatable bonds is 4. The van der Waals surface area contributed by atoms with Crippen molar-refractivity contribution in [1.29, 1.82) is 0 Å². The summed E-state index contributed by atoms with van der Waals surface area (Å²) >= 11 is 0. The molecule has 0 radical (unpaired) electrons. The second-order valence-electron chi connectivity index (χ2n) is 5.63. The summed E-state index contributed by atoms with van der Waals surface area (Å²) in [7, 11) is 0. The van der Waals surface area contributed by atoms with Crippen LogP contribution in [0, 0.1) is 11.6 Å². The number of hydrogen-bond donors (Lipinski definition) is 1. The number of hydrogen-bond acceptors (Lipinski definition) is 4. The fourth-order valence-electron chi connectivity index (χ4n) is 2.56. The lowest BCUT2D eigenvalue weighted by atomic mass is 10.1. The number of carboxylic acid groups (broad SMARTS) is 1. The Bertz CT molecular complexity index is 825. The Morgan fingerprint density at radius 1 is 1.08 bits per heavy atom. The fourth-order valence-corrected chi connectivity index (χ4v) is 2.56. The molecule has 0 aliphatic carbocycles. The first-order valence-corrected chi connectivity index (χ1v) is 7.80. The zero-order chi connectivity index (χ0) is 18.7. The zero-order valence-electron chi connectivity index (χ0n) is 13.5. The molecule has 26 heavy (non-hydrogen) atoms. The monoisotopic (exact) mass is 363 g/mol. The van der Waals surface area contributed by atoms with E-state index in [-0.39, 0.29) is 31.1 Å². The van der Waals surface area contributed by atoms with Gasteiger partial charge in [0.05, 0.1) is 13.2 Å². The summed E-state index contributed by atoms with van der Waals surface area (Å²) in [4.78, 5) is 25.0. The van der Waals surface area contributed by atoms with Gasteiger partial charge in [-0.15, -0.1) is 0 Å². The molecule has 8 heteroatoms. The third kappa shape index (κ3) is 3.80. The fraction of sp³-hybridized carbons (Fsp3) is 0.222. The minimum Gasteiger partial charge on any atom is -0.480 e. The van der Waals surface area contributed by atoms with Gasteiger partial charge in [-0.1, -0.05) is 0 Å². The average molecular weight is 363 g/mol. The van der Waals surface area contributed by atoms with Gasteiger partial charge in [-0.05, 0) is 36.4 Å². The Morgan fingerprint density at radius 3 is 2.42 bits per heavy atom. The van der Waals surface area contributed by atoms with E-state index in [0.717, 1.165) is 12.1 Å². The highest BCUT2D eigenvalue weighted by Crippen LogP contribution is 2.24. The van der Waals surface area contributed by atoms with Crippen molar-refractivity contribution < 1.29 is 33.0 Å². The van der Waals surface area contributed by atoms with Crippen molar-refractivity contribution >= 4 is 11.9 Å². The van der Waals surface area contributed by atoms with Crippen LogP contribution in [-0.4, -0.2) is 47.7 Å². The third-order valence-corrected chi connectivity index (χ3v) is 3.90. The van der Waals surface area contributed by atoms with Gasteiger partial charge in [0.2, 0.25) is 0 Å². The lowest BCUT2D eigenvalue weighted by Crippen LogP contribution is -2.52. The smallest absolute Gasteiger partial charge is 0.328 e. The molecule has 2 aromatic carbocycles. The number of carboxylic acids is 1. The van der Waals surface area contributed by atoms with E-state index in [9.17, 15) is 23.5 Å². The maximum Gasteiger partial charge on any atom is 0.328 e. The average Bonchev–Trinajstić information content (AvgIpc) is 2.65. The molecule has 1 aliphatic rings. The number of halogens is 2. The minimum absolute atomic E-state index is 0.0571. The second-order valence-corrected chi connectivity index (χ2v) is 5.63. The molecular formula is C18H15F2NO5. The predicted molar refractivity (Wildman–Crippen MR) is 86.2 cm³/mol.